The van der Waals surface area contributed by atoms with Gasteiger partial charge in [0, 0.05) is 16.7 Å². The summed E-state index contributed by atoms with van der Waals surface area (Å²) in [7, 11) is 0. The normalized spacial score (nSPS) is 23.2. The van der Waals surface area contributed by atoms with Gasteiger partial charge in [-0.3, -0.25) is 9.05 Å². The molecule has 0 spiro atoms. The fraction of sp³-hybridized carbons (Fsp3) is 0.400. The quantitative estimate of drug-likeness (QED) is 0.490. The summed E-state index contributed by atoms with van der Waals surface area (Å²) in [6.45, 7) is 3.94. The number of hydrogen-bond donors (Lipinski definition) is 0. The van der Waals surface area contributed by atoms with Crippen LogP contribution in [0.2, 0.25) is 0 Å². The minimum atomic E-state index is -2.78. The lowest BCUT2D eigenvalue weighted by Crippen LogP contribution is -1.97. The van der Waals surface area contributed by atoms with Gasteiger partial charge in [0.15, 0.2) is 0 Å². The van der Waals surface area contributed by atoms with Crippen molar-refractivity contribution in [1.82, 2.24) is 0 Å². The molecule has 0 aromatic carbocycles. The van der Waals surface area contributed by atoms with E-state index in [1.807, 2.05) is 19.9 Å². The molecule has 0 atom stereocenters. The van der Waals surface area contributed by atoms with Crippen LogP contribution in [0.15, 0.2) is 51.6 Å². The number of oxime groups is 1. The van der Waals surface area contributed by atoms with Gasteiger partial charge in [0.1, 0.15) is 5.04 Å². The Labute approximate surface area is 141 Å². The van der Waals surface area contributed by atoms with Crippen molar-refractivity contribution in [3.8, 4) is 0 Å². The molecule has 22 heavy (non-hydrogen) atoms. The average Bonchev–Trinajstić information content (AvgIpc) is 2.95. The highest BCUT2D eigenvalue weighted by Gasteiger charge is 2.22. The van der Waals surface area contributed by atoms with E-state index >= 15 is 0 Å². The predicted octanol–water partition coefficient (Wildman–Crippen LogP) is 5.08. The Hall–Kier alpha value is -0.650. The third kappa shape index (κ3) is 4.67. The van der Waals surface area contributed by atoms with Crippen molar-refractivity contribution in [2.45, 2.75) is 27.2 Å². The van der Waals surface area contributed by atoms with Gasteiger partial charge >= 0.3 is 6.72 Å². The zero-order valence-corrected chi connectivity index (χ0v) is 15.5. The zero-order chi connectivity index (χ0) is 16.0. The van der Waals surface area contributed by atoms with Crippen LogP contribution in [0.5, 0.6) is 0 Å². The van der Waals surface area contributed by atoms with Gasteiger partial charge in [0.05, 0.1) is 13.2 Å². The van der Waals surface area contributed by atoms with Crippen molar-refractivity contribution in [2.75, 3.05) is 13.2 Å². The second kappa shape index (κ2) is 8.27. The molecular weight excluding hydrogens is 337 g/mol. The third-order valence-electron chi connectivity index (χ3n) is 2.97. The van der Waals surface area contributed by atoms with Crippen LogP contribution in [0.4, 0.5) is 0 Å². The molecule has 4 nitrogen and oxygen atoms in total. The van der Waals surface area contributed by atoms with Crippen LogP contribution in [0.25, 0.3) is 0 Å². The summed E-state index contributed by atoms with van der Waals surface area (Å²) in [4.78, 5) is 1.20. The summed E-state index contributed by atoms with van der Waals surface area (Å²) in [6, 6.07) is 0. The molecule has 0 amide bonds. The van der Waals surface area contributed by atoms with Crippen LogP contribution >= 0.6 is 18.5 Å². The van der Waals surface area contributed by atoms with Gasteiger partial charge in [-0.15, -0.1) is 0 Å². The van der Waals surface area contributed by atoms with Crippen LogP contribution in [0, 0.1) is 0 Å². The fourth-order valence-electron chi connectivity index (χ4n) is 1.98. The van der Waals surface area contributed by atoms with Crippen LogP contribution in [-0.4, -0.2) is 18.3 Å². The topological polar surface area (TPSA) is 40.0 Å². The number of allylic oxidation sites excluding steroid dienone is 6. The van der Waals surface area contributed by atoms with Crippen LogP contribution in [0.3, 0.4) is 0 Å². The minimum absolute atomic E-state index is 0.441. The Balaban J connectivity index is 2.06. The molecule has 1 heterocycles. The number of thioether (sulfide) groups is 1. The number of rotatable bonds is 6. The highest BCUT2D eigenvalue weighted by atomic mass is 32.5. The van der Waals surface area contributed by atoms with Gasteiger partial charge in [-0.2, -0.15) is 0 Å². The molecule has 7 heteroatoms. The lowest BCUT2D eigenvalue weighted by molar-refractivity contribution is 0.172. The van der Waals surface area contributed by atoms with Crippen molar-refractivity contribution in [2.24, 2.45) is 5.16 Å². The minimum Gasteiger partial charge on any atom is -0.313 e. The maximum absolute atomic E-state index is 5.40. The van der Waals surface area contributed by atoms with Gasteiger partial charge in [0.25, 0.3) is 0 Å². The van der Waals surface area contributed by atoms with Gasteiger partial charge < -0.3 is 4.62 Å². The van der Waals surface area contributed by atoms with E-state index in [4.69, 9.17) is 25.5 Å². The molecule has 0 N–H and O–H groups in total. The Bertz CT molecular complexity index is 610. The highest BCUT2D eigenvalue weighted by molar-refractivity contribution is 8.18. The van der Waals surface area contributed by atoms with Crippen LogP contribution < -0.4 is 0 Å². The van der Waals surface area contributed by atoms with Gasteiger partial charge in [0.2, 0.25) is 0 Å². The Morgan fingerprint density at radius 3 is 2.64 bits per heavy atom. The Morgan fingerprint density at radius 2 is 2.00 bits per heavy atom. The van der Waals surface area contributed by atoms with Crippen molar-refractivity contribution < 1.29 is 13.7 Å². The maximum atomic E-state index is 5.40. The summed E-state index contributed by atoms with van der Waals surface area (Å²) in [5.41, 5.74) is 2.61. The first kappa shape index (κ1) is 17.7. The SMILES string of the molecule is CCOP(=S)(OCC)ON=C1C=CC(=C2CC=CC=C2C)S1. The molecule has 0 aromatic rings. The van der Waals surface area contributed by atoms with Crippen molar-refractivity contribution >= 4 is 35.3 Å². The molecule has 0 unspecified atom stereocenters. The van der Waals surface area contributed by atoms with E-state index in [9.17, 15) is 0 Å². The maximum Gasteiger partial charge on any atom is 0.402 e. The molecule has 120 valence electrons. The van der Waals surface area contributed by atoms with Crippen molar-refractivity contribution in [3.63, 3.8) is 0 Å². The molecule has 0 aromatic heterocycles. The van der Waals surface area contributed by atoms with E-state index in [0.29, 0.717) is 13.2 Å². The zero-order valence-electron chi connectivity index (χ0n) is 12.9. The molecule has 2 rings (SSSR count). The first-order valence-electron chi connectivity index (χ1n) is 7.16. The van der Waals surface area contributed by atoms with E-state index in [0.717, 1.165) is 11.5 Å². The van der Waals surface area contributed by atoms with Gasteiger partial charge in [-0.05, 0) is 50.5 Å². The monoisotopic (exact) mass is 357 g/mol. The largest absolute Gasteiger partial charge is 0.402 e. The Morgan fingerprint density at radius 1 is 1.27 bits per heavy atom. The van der Waals surface area contributed by atoms with E-state index in [2.05, 4.69) is 36.4 Å². The van der Waals surface area contributed by atoms with Gasteiger partial charge in [-0.25, -0.2) is 0 Å². The molecule has 0 saturated carbocycles. The molecule has 0 fully saturated rings. The van der Waals surface area contributed by atoms with Crippen LogP contribution in [0.1, 0.15) is 27.2 Å². The van der Waals surface area contributed by atoms with Crippen molar-refractivity contribution in [1.29, 1.82) is 0 Å². The first-order valence-corrected chi connectivity index (χ1v) is 10.5. The average molecular weight is 357 g/mol. The standard InChI is InChI=1S/C15H20NO3PS2/c1-4-17-20(21,18-5-2)19-16-15-11-10-14(22-15)13-9-7-6-8-12(13)3/h6-8,10-11H,4-5,9H2,1-3H3. The van der Waals surface area contributed by atoms with E-state index in [-0.39, 0.29) is 0 Å². The molecule has 0 bridgehead atoms. The highest BCUT2D eigenvalue weighted by Crippen LogP contribution is 2.50. The second-order valence-corrected chi connectivity index (χ2v) is 8.53. The molecular formula is C15H20NO3PS2. The lowest BCUT2D eigenvalue weighted by Gasteiger charge is -2.17. The first-order chi connectivity index (χ1) is 10.6. The number of hydrogen-bond acceptors (Lipinski definition) is 6. The summed E-state index contributed by atoms with van der Waals surface area (Å²) in [5, 5.41) is 4.88. The smallest absolute Gasteiger partial charge is 0.313 e. The lowest BCUT2D eigenvalue weighted by atomic mass is 9.99. The molecule has 1 aliphatic heterocycles. The van der Waals surface area contributed by atoms with Gasteiger partial charge in [-0.1, -0.05) is 35.1 Å². The second-order valence-electron chi connectivity index (χ2n) is 4.55. The van der Waals surface area contributed by atoms with E-state index < -0.39 is 6.72 Å². The van der Waals surface area contributed by atoms with E-state index in [1.54, 1.807) is 11.8 Å². The fourth-order valence-corrected chi connectivity index (χ4v) is 4.70. The summed E-state index contributed by atoms with van der Waals surface area (Å²) < 4.78 is 16.2. The van der Waals surface area contributed by atoms with Crippen LogP contribution in [-0.2, 0) is 25.5 Å². The summed E-state index contributed by atoms with van der Waals surface area (Å²) in [5.74, 6) is 0. The summed E-state index contributed by atoms with van der Waals surface area (Å²) in [6.07, 6.45) is 11.3. The third-order valence-corrected chi connectivity index (χ3v) is 6.26. The van der Waals surface area contributed by atoms with Crippen molar-refractivity contribution in [3.05, 3.63) is 46.4 Å². The number of nitrogens with zero attached hydrogens (tertiary/aromatic N) is 1. The molecule has 2 aliphatic rings. The Kier molecular flexibility index (Phi) is 6.66. The molecule has 0 saturated heterocycles. The summed E-state index contributed by atoms with van der Waals surface area (Å²) >= 11 is 6.86. The predicted molar refractivity (Wildman–Crippen MR) is 97.3 cm³/mol. The van der Waals surface area contributed by atoms with E-state index in [1.165, 1.54) is 16.1 Å². The molecule has 0 radical (unpaired) electrons. The molecule has 1 aliphatic carbocycles.